The Morgan fingerprint density at radius 3 is 2.23 bits per heavy atom. The number of carboxylic acid groups (broad SMARTS) is 1. The lowest BCUT2D eigenvalue weighted by molar-refractivity contribution is -0.192. The molecule has 10 heteroatoms. The maximum Gasteiger partial charge on any atom is 0.490 e. The number of halogens is 3. The first kappa shape index (κ1) is 21.9. The minimum Gasteiger partial charge on any atom is -0.475 e. The number of aromatic nitrogens is 2. The van der Waals surface area contributed by atoms with E-state index in [1.807, 2.05) is 10.9 Å². The average Bonchev–Trinajstić information content (AvgIpc) is 2.96. The van der Waals surface area contributed by atoms with Crippen LogP contribution >= 0.6 is 0 Å². The van der Waals surface area contributed by atoms with Crippen LogP contribution in [0.15, 0.2) is 12.4 Å². The molecule has 1 aliphatic carbocycles. The Kier molecular flexibility index (Phi) is 7.19. The quantitative estimate of drug-likeness (QED) is 0.733. The minimum atomic E-state index is -5.08. The SMILES string of the molecule is CC(C)(C)n1cc(NC(=O)[C@H]2CCCC[C@H]2N)cn1.O=C(O)C(F)(F)F. The molecule has 26 heavy (non-hydrogen) atoms. The number of aliphatic carboxylic acids is 1. The van der Waals surface area contributed by atoms with Crippen molar-refractivity contribution in [3.63, 3.8) is 0 Å². The van der Waals surface area contributed by atoms with Gasteiger partial charge in [-0.05, 0) is 33.6 Å². The van der Waals surface area contributed by atoms with Crippen LogP contribution in [0.4, 0.5) is 18.9 Å². The first-order chi connectivity index (χ1) is 11.8. The molecule has 0 aliphatic heterocycles. The lowest BCUT2D eigenvalue weighted by Crippen LogP contribution is -2.40. The second-order valence-corrected chi connectivity index (χ2v) is 7.19. The third-order valence-corrected chi connectivity index (χ3v) is 3.94. The van der Waals surface area contributed by atoms with E-state index in [4.69, 9.17) is 15.6 Å². The topological polar surface area (TPSA) is 110 Å². The summed E-state index contributed by atoms with van der Waals surface area (Å²) in [4.78, 5) is 21.1. The zero-order valence-corrected chi connectivity index (χ0v) is 15.0. The largest absolute Gasteiger partial charge is 0.490 e. The molecule has 4 N–H and O–H groups in total. The van der Waals surface area contributed by atoms with Crippen molar-refractivity contribution in [1.82, 2.24) is 9.78 Å². The molecule has 148 valence electrons. The Morgan fingerprint density at radius 2 is 1.81 bits per heavy atom. The van der Waals surface area contributed by atoms with Crippen LogP contribution in [-0.4, -0.2) is 39.0 Å². The Hall–Kier alpha value is -2.10. The monoisotopic (exact) mass is 378 g/mol. The summed E-state index contributed by atoms with van der Waals surface area (Å²) >= 11 is 0. The van der Waals surface area contributed by atoms with Crippen LogP contribution in [0.5, 0.6) is 0 Å². The van der Waals surface area contributed by atoms with E-state index in [2.05, 4.69) is 31.2 Å². The van der Waals surface area contributed by atoms with E-state index in [0.717, 1.165) is 31.4 Å². The van der Waals surface area contributed by atoms with Crippen molar-refractivity contribution in [2.75, 3.05) is 5.32 Å². The molecular weight excluding hydrogens is 353 g/mol. The Labute approximate surface area is 149 Å². The maximum absolute atomic E-state index is 12.2. The summed E-state index contributed by atoms with van der Waals surface area (Å²) in [5.41, 5.74) is 6.70. The number of amides is 1. The lowest BCUT2D eigenvalue weighted by atomic mass is 9.84. The van der Waals surface area contributed by atoms with Crippen LogP contribution in [0, 0.1) is 5.92 Å². The molecule has 2 atom stereocenters. The summed E-state index contributed by atoms with van der Waals surface area (Å²) in [5, 5.41) is 14.3. The van der Waals surface area contributed by atoms with Crippen LogP contribution < -0.4 is 11.1 Å². The van der Waals surface area contributed by atoms with Gasteiger partial charge in [-0.25, -0.2) is 4.79 Å². The molecule has 0 unspecified atom stereocenters. The smallest absolute Gasteiger partial charge is 0.475 e. The molecule has 1 aliphatic rings. The molecule has 1 heterocycles. The summed E-state index contributed by atoms with van der Waals surface area (Å²) < 4.78 is 33.6. The highest BCUT2D eigenvalue weighted by atomic mass is 19.4. The molecule has 0 saturated heterocycles. The number of rotatable bonds is 2. The molecule has 1 fully saturated rings. The zero-order valence-electron chi connectivity index (χ0n) is 15.0. The van der Waals surface area contributed by atoms with Gasteiger partial charge in [-0.2, -0.15) is 18.3 Å². The van der Waals surface area contributed by atoms with Gasteiger partial charge in [0.1, 0.15) is 0 Å². The number of anilines is 1. The van der Waals surface area contributed by atoms with Crippen molar-refractivity contribution in [2.45, 2.75) is 64.2 Å². The van der Waals surface area contributed by atoms with Gasteiger partial charge < -0.3 is 16.2 Å². The predicted molar refractivity (Wildman–Crippen MR) is 89.5 cm³/mol. The van der Waals surface area contributed by atoms with Crippen LogP contribution in [0.2, 0.25) is 0 Å². The summed E-state index contributed by atoms with van der Waals surface area (Å²) in [5.74, 6) is -2.79. The van der Waals surface area contributed by atoms with Gasteiger partial charge >= 0.3 is 12.1 Å². The van der Waals surface area contributed by atoms with Crippen molar-refractivity contribution >= 4 is 17.6 Å². The zero-order chi connectivity index (χ0) is 20.1. The molecule has 1 amide bonds. The Morgan fingerprint density at radius 1 is 1.27 bits per heavy atom. The van der Waals surface area contributed by atoms with Gasteiger partial charge in [0.05, 0.1) is 23.3 Å². The van der Waals surface area contributed by atoms with Gasteiger partial charge in [0.2, 0.25) is 5.91 Å². The van der Waals surface area contributed by atoms with Crippen molar-refractivity contribution in [1.29, 1.82) is 0 Å². The first-order valence-electron chi connectivity index (χ1n) is 8.24. The molecule has 1 saturated carbocycles. The summed E-state index contributed by atoms with van der Waals surface area (Å²) in [6.45, 7) is 6.22. The van der Waals surface area contributed by atoms with E-state index < -0.39 is 12.1 Å². The average molecular weight is 378 g/mol. The number of hydrogen-bond acceptors (Lipinski definition) is 4. The van der Waals surface area contributed by atoms with Gasteiger partial charge in [-0.3, -0.25) is 9.48 Å². The fourth-order valence-electron chi connectivity index (χ4n) is 2.47. The van der Waals surface area contributed by atoms with Crippen LogP contribution in [0.1, 0.15) is 46.5 Å². The molecule has 0 bridgehead atoms. The van der Waals surface area contributed by atoms with Gasteiger partial charge in [0.15, 0.2) is 0 Å². The third-order valence-electron chi connectivity index (χ3n) is 3.94. The highest BCUT2D eigenvalue weighted by Gasteiger charge is 2.38. The van der Waals surface area contributed by atoms with Gasteiger partial charge in [-0.15, -0.1) is 0 Å². The van der Waals surface area contributed by atoms with Crippen LogP contribution in [0.25, 0.3) is 0 Å². The van der Waals surface area contributed by atoms with E-state index >= 15 is 0 Å². The van der Waals surface area contributed by atoms with E-state index in [1.54, 1.807) is 6.20 Å². The number of nitrogens with zero attached hydrogens (tertiary/aromatic N) is 2. The molecular formula is C16H25F3N4O3. The van der Waals surface area contributed by atoms with E-state index in [1.165, 1.54) is 0 Å². The predicted octanol–water partition coefficient (Wildman–Crippen LogP) is 2.73. The summed E-state index contributed by atoms with van der Waals surface area (Å²) in [7, 11) is 0. The van der Waals surface area contributed by atoms with Gasteiger partial charge in [-0.1, -0.05) is 12.8 Å². The van der Waals surface area contributed by atoms with Gasteiger partial charge in [0.25, 0.3) is 0 Å². The molecule has 2 rings (SSSR count). The molecule has 0 radical (unpaired) electrons. The number of nitrogens with one attached hydrogen (secondary N) is 1. The Bertz CT molecular complexity index is 623. The number of carboxylic acids is 1. The van der Waals surface area contributed by atoms with E-state index in [9.17, 15) is 18.0 Å². The van der Waals surface area contributed by atoms with Crippen molar-refractivity contribution in [2.24, 2.45) is 11.7 Å². The highest BCUT2D eigenvalue weighted by Crippen LogP contribution is 2.24. The van der Waals surface area contributed by atoms with Crippen molar-refractivity contribution < 1.29 is 27.9 Å². The second-order valence-electron chi connectivity index (χ2n) is 7.19. The summed E-state index contributed by atoms with van der Waals surface area (Å²) in [6, 6.07) is -0.00795. The van der Waals surface area contributed by atoms with Crippen LogP contribution in [-0.2, 0) is 15.1 Å². The molecule has 0 aromatic carbocycles. The lowest BCUT2D eigenvalue weighted by Gasteiger charge is -2.27. The van der Waals surface area contributed by atoms with Gasteiger partial charge in [0, 0.05) is 12.2 Å². The number of hydrogen-bond donors (Lipinski definition) is 3. The molecule has 1 aromatic heterocycles. The highest BCUT2D eigenvalue weighted by molar-refractivity contribution is 5.92. The molecule has 7 nitrogen and oxygen atoms in total. The third kappa shape index (κ3) is 6.66. The fourth-order valence-corrected chi connectivity index (χ4v) is 2.47. The fraction of sp³-hybridized carbons (Fsp3) is 0.688. The maximum atomic E-state index is 12.2. The first-order valence-corrected chi connectivity index (χ1v) is 8.24. The van der Waals surface area contributed by atoms with Crippen LogP contribution in [0.3, 0.4) is 0 Å². The number of alkyl halides is 3. The van der Waals surface area contributed by atoms with Crippen molar-refractivity contribution in [3.8, 4) is 0 Å². The second kappa shape index (κ2) is 8.52. The number of carbonyl (C=O) groups is 2. The molecule has 0 spiro atoms. The molecule has 1 aromatic rings. The Balaban J connectivity index is 0.000000412. The van der Waals surface area contributed by atoms with Crippen molar-refractivity contribution in [3.05, 3.63) is 12.4 Å². The summed E-state index contributed by atoms with van der Waals surface area (Å²) in [6.07, 6.45) is 2.53. The minimum absolute atomic E-state index is 0.00795. The number of carbonyl (C=O) groups excluding carboxylic acids is 1. The number of nitrogens with two attached hydrogens (primary N) is 1. The van der Waals surface area contributed by atoms with E-state index in [0.29, 0.717) is 0 Å². The van der Waals surface area contributed by atoms with E-state index in [-0.39, 0.29) is 23.4 Å². The normalized spacial score (nSPS) is 20.7. The standard InChI is InChI=1S/C14H24N4O.C2HF3O2/c1-14(2,3)18-9-10(8-16-18)17-13(19)11-6-4-5-7-12(11)15;3-2(4,5)1(6)7/h8-9,11-12H,4-7,15H2,1-3H3,(H,17,19);(H,6,7)/t11-,12+;/m0./s1.